The number of primary amides is 1. The predicted molar refractivity (Wildman–Crippen MR) is 292 cm³/mol. The summed E-state index contributed by atoms with van der Waals surface area (Å²) in [4.78, 5) is 121. The molecule has 0 aromatic heterocycles. The Morgan fingerprint density at radius 3 is 1.38 bits per heavy atom. The van der Waals surface area contributed by atoms with Crippen molar-refractivity contribution < 1.29 is 63.2 Å². The van der Waals surface area contributed by atoms with Gasteiger partial charge in [-0.2, -0.15) is 0 Å². The van der Waals surface area contributed by atoms with Gasteiger partial charge in [0.25, 0.3) is 0 Å². The zero-order valence-corrected chi connectivity index (χ0v) is 43.3. The first-order chi connectivity index (χ1) is 38.6. The Bertz CT molecular complexity index is 3020. The molecule has 7 amide bonds. The monoisotopic (exact) mass is 1090 g/mol. The summed E-state index contributed by atoms with van der Waals surface area (Å²) in [5.41, 5.74) is 10.5. The number of nitrogens with two attached hydrogens (primary N) is 1. The van der Waals surface area contributed by atoms with Crippen molar-refractivity contribution in [2.24, 2.45) is 5.73 Å². The van der Waals surface area contributed by atoms with Crippen molar-refractivity contribution in [3.63, 3.8) is 0 Å². The summed E-state index contributed by atoms with van der Waals surface area (Å²) in [5, 5.41) is 45.0. The van der Waals surface area contributed by atoms with E-state index in [1.165, 1.54) is 0 Å². The minimum Gasteiger partial charge on any atom is -0.481 e. The molecule has 20 heteroatoms. The van der Waals surface area contributed by atoms with E-state index in [0.29, 0.717) is 22.3 Å². The van der Waals surface area contributed by atoms with Crippen LogP contribution in [-0.2, 0) is 55.1 Å². The summed E-state index contributed by atoms with van der Waals surface area (Å²) < 4.78 is 5.55. The third-order valence-corrected chi connectivity index (χ3v) is 13.6. The molecule has 1 aliphatic carbocycles. The summed E-state index contributed by atoms with van der Waals surface area (Å²) in [7, 11) is 0. The summed E-state index contributed by atoms with van der Waals surface area (Å²) in [6.45, 7) is -1.16. The molecule has 6 aromatic carbocycles. The van der Waals surface area contributed by atoms with Gasteiger partial charge in [-0.25, -0.2) is 9.59 Å². The number of carboxylic acid groups (broad SMARTS) is 2. The summed E-state index contributed by atoms with van der Waals surface area (Å²) in [5.74, 6) is -9.52. The van der Waals surface area contributed by atoms with E-state index in [9.17, 15) is 58.5 Å². The minimum atomic E-state index is -1.88. The maximum Gasteiger partial charge on any atom is 0.407 e. The Kier molecular flexibility index (Phi) is 20.0. The fraction of sp³-hybridized carbons (Fsp3) is 0.250. The maximum atomic E-state index is 14.6. The van der Waals surface area contributed by atoms with Crippen molar-refractivity contribution in [1.29, 1.82) is 0 Å². The van der Waals surface area contributed by atoms with Gasteiger partial charge in [-0.1, -0.05) is 170 Å². The van der Waals surface area contributed by atoms with E-state index in [0.717, 1.165) is 22.3 Å². The number of ether oxygens (including phenoxy) is 1. The quantitative estimate of drug-likeness (QED) is 0.0329. The van der Waals surface area contributed by atoms with Gasteiger partial charge in [-0.05, 0) is 57.3 Å². The van der Waals surface area contributed by atoms with Crippen LogP contribution in [0.3, 0.4) is 0 Å². The van der Waals surface area contributed by atoms with Crippen LogP contribution in [-0.4, -0.2) is 112 Å². The highest BCUT2D eigenvalue weighted by atomic mass is 16.5. The molecule has 0 saturated heterocycles. The van der Waals surface area contributed by atoms with Crippen molar-refractivity contribution in [2.75, 3.05) is 13.2 Å². The Labute approximate surface area is 460 Å². The molecule has 5 atom stereocenters. The van der Waals surface area contributed by atoms with E-state index in [-0.39, 0.29) is 18.9 Å². The number of benzene rings is 6. The van der Waals surface area contributed by atoms with Gasteiger partial charge >= 0.3 is 18.0 Å². The number of nitrogens with one attached hydrogen (secondary N) is 6. The molecule has 7 rings (SSSR count). The first-order valence-electron chi connectivity index (χ1n) is 25.8. The summed E-state index contributed by atoms with van der Waals surface area (Å²) >= 11 is 0. The molecule has 11 N–H and O–H groups in total. The molecule has 80 heavy (non-hydrogen) atoms. The van der Waals surface area contributed by atoms with Gasteiger partial charge in [-0.3, -0.25) is 33.6 Å². The average Bonchev–Trinajstić information content (AvgIpc) is 3.91. The van der Waals surface area contributed by atoms with E-state index < -0.39 is 128 Å². The van der Waals surface area contributed by atoms with E-state index >= 15 is 0 Å². The van der Waals surface area contributed by atoms with Crippen LogP contribution in [0.2, 0.25) is 0 Å². The Morgan fingerprint density at radius 2 is 0.912 bits per heavy atom. The van der Waals surface area contributed by atoms with Gasteiger partial charge in [0.1, 0.15) is 42.4 Å². The van der Waals surface area contributed by atoms with Gasteiger partial charge in [0.15, 0.2) is 0 Å². The number of aliphatic carboxylic acids is 2. The predicted octanol–water partition coefficient (Wildman–Crippen LogP) is 3.78. The second kappa shape index (κ2) is 27.6. The fourth-order valence-corrected chi connectivity index (χ4v) is 9.66. The molecule has 0 bridgehead atoms. The van der Waals surface area contributed by atoms with E-state index in [1.54, 1.807) is 66.7 Å². The molecule has 0 saturated carbocycles. The number of hydrogen-bond acceptors (Lipinski definition) is 11. The van der Waals surface area contributed by atoms with Crippen LogP contribution < -0.4 is 37.6 Å². The lowest BCUT2D eigenvalue weighted by molar-refractivity contribution is -0.143. The molecule has 0 aliphatic heterocycles. The van der Waals surface area contributed by atoms with Crippen molar-refractivity contribution in [2.45, 2.75) is 80.2 Å². The second-order valence-corrected chi connectivity index (χ2v) is 19.0. The summed E-state index contributed by atoms with van der Waals surface area (Å²) in [6.07, 6.45) is -4.45. The third-order valence-electron chi connectivity index (χ3n) is 13.6. The van der Waals surface area contributed by atoms with Crippen LogP contribution in [0, 0.1) is 0 Å². The molecule has 1 aliphatic rings. The summed E-state index contributed by atoms with van der Waals surface area (Å²) in [6, 6.07) is 42.1. The molecule has 0 radical (unpaired) electrons. The van der Waals surface area contributed by atoms with Crippen LogP contribution in [0.15, 0.2) is 170 Å². The molecule has 6 aromatic rings. The molecule has 0 spiro atoms. The number of amides is 7. The number of fused-ring (bicyclic) bond motifs is 3. The Hall–Kier alpha value is -9.69. The minimum absolute atomic E-state index is 0.147. The van der Waals surface area contributed by atoms with Crippen LogP contribution in [0.5, 0.6) is 0 Å². The van der Waals surface area contributed by atoms with Crippen LogP contribution >= 0.6 is 0 Å². The van der Waals surface area contributed by atoms with E-state index in [4.69, 9.17) is 10.5 Å². The van der Waals surface area contributed by atoms with Crippen LogP contribution in [0.1, 0.15) is 71.4 Å². The molecular formula is C60H61N7O13. The second-order valence-electron chi connectivity index (χ2n) is 19.0. The van der Waals surface area contributed by atoms with Gasteiger partial charge < -0.3 is 57.7 Å². The van der Waals surface area contributed by atoms with Gasteiger partial charge in [0.05, 0.1) is 13.0 Å². The molecule has 0 fully saturated rings. The zero-order valence-electron chi connectivity index (χ0n) is 43.3. The average molecular weight is 1090 g/mol. The largest absolute Gasteiger partial charge is 0.481 e. The molecular weight excluding hydrogens is 1030 g/mol. The number of carbonyl (C=O) groups is 9. The van der Waals surface area contributed by atoms with E-state index in [2.05, 4.69) is 31.9 Å². The number of rotatable bonds is 27. The van der Waals surface area contributed by atoms with Crippen molar-refractivity contribution in [3.05, 3.63) is 203 Å². The third kappa shape index (κ3) is 14.9. The van der Waals surface area contributed by atoms with Crippen LogP contribution in [0.4, 0.5) is 4.79 Å². The van der Waals surface area contributed by atoms with E-state index in [1.807, 2.05) is 103 Å². The first kappa shape index (κ1) is 58.0. The fourth-order valence-electron chi connectivity index (χ4n) is 9.66. The number of aliphatic hydroxyl groups is 1. The number of hydrogen-bond donors (Lipinski definition) is 10. The van der Waals surface area contributed by atoms with Gasteiger partial charge in [0, 0.05) is 25.2 Å². The zero-order chi connectivity index (χ0) is 57.2. The highest BCUT2D eigenvalue weighted by molar-refractivity contribution is 5.98. The lowest BCUT2D eigenvalue weighted by Crippen LogP contribution is -2.60. The van der Waals surface area contributed by atoms with Crippen molar-refractivity contribution in [3.8, 4) is 11.1 Å². The smallest absolute Gasteiger partial charge is 0.407 e. The topological polar surface area (TPSA) is 322 Å². The number of aliphatic hydroxyl groups excluding tert-OH is 1. The van der Waals surface area contributed by atoms with Crippen LogP contribution in [0.25, 0.3) is 11.1 Å². The Morgan fingerprint density at radius 1 is 0.500 bits per heavy atom. The normalized spacial score (nSPS) is 13.5. The number of alkyl carbamates (subject to hydrolysis) is 1. The van der Waals surface area contributed by atoms with Crippen molar-refractivity contribution in [1.82, 2.24) is 31.9 Å². The number of carbonyl (C=O) groups excluding carboxylic acids is 7. The Balaban J connectivity index is 1.13. The lowest BCUT2D eigenvalue weighted by Gasteiger charge is -2.37. The lowest BCUT2D eigenvalue weighted by atomic mass is 9.77. The number of carboxylic acids is 2. The molecule has 0 unspecified atom stereocenters. The maximum absolute atomic E-state index is 14.6. The molecule has 414 valence electrons. The standard InChI is InChI=1S/C60H61N7O13/c61-51(69)34-48(64-57(76)50(35-68)66-59(79)80-36-45-43-27-15-13-25-41(43)42-26-14-16-28-44(42)45)56(75)63-46(54(73)62-47(30-32-53(71)72)55(74)65-49(58(77)78)33-37-17-5-1-6-18-37)29-31-52(70)67-60(38-19-7-2-8-20-38,39-21-9-3-10-22-39)40-23-11-4-12-24-40/h1-28,45-50,68H,29-36H2,(H2,61,69)(H,62,73)(H,63,75)(H,64,76)(H,65,74)(H,66,79)(H,67,70)(H,71,72)(H,77,78)/t46-,47-,48-,49-,50-/m0/s1. The van der Waals surface area contributed by atoms with Crippen molar-refractivity contribution >= 4 is 53.5 Å². The molecule has 20 nitrogen and oxygen atoms in total. The SMILES string of the molecule is NC(=O)C[C@H](NC(=O)[C@H](CO)NC(=O)OCC1c2ccccc2-c2ccccc21)C(=O)N[C@@H](CCC(=O)NC(c1ccccc1)(c1ccccc1)c1ccccc1)C(=O)N[C@@H](CCC(=O)O)C(=O)N[C@@H](Cc1ccccc1)C(=O)O. The highest BCUT2D eigenvalue weighted by Gasteiger charge is 2.39. The molecule has 0 heterocycles. The van der Waals surface area contributed by atoms with Gasteiger partial charge in [-0.15, -0.1) is 0 Å². The van der Waals surface area contributed by atoms with Gasteiger partial charge in [0.2, 0.25) is 35.4 Å². The first-order valence-corrected chi connectivity index (χ1v) is 25.8. The highest BCUT2D eigenvalue weighted by Crippen LogP contribution is 2.44.